The van der Waals surface area contributed by atoms with E-state index in [-0.39, 0.29) is 10.9 Å². The molecule has 1 aromatic carbocycles. The Morgan fingerprint density at radius 1 is 1.12 bits per heavy atom. The SMILES string of the molecule is CC.CCC.CCCN(CC)C(=O)C(=O)c1c[nH]c2cccc(F)c12. The predicted molar refractivity (Wildman–Crippen MR) is 102 cm³/mol. The molecular formula is C20H31FN2O2. The number of nitrogens with zero attached hydrogens (tertiary/aromatic N) is 1. The number of carbonyl (C=O) groups is 2. The molecule has 1 N–H and O–H groups in total. The van der Waals surface area contributed by atoms with Gasteiger partial charge in [0.1, 0.15) is 5.82 Å². The molecule has 0 aliphatic heterocycles. The summed E-state index contributed by atoms with van der Waals surface area (Å²) in [5, 5.41) is 0.179. The summed E-state index contributed by atoms with van der Waals surface area (Å²) in [6, 6.07) is 4.50. The number of halogens is 1. The molecule has 1 aromatic heterocycles. The molecule has 0 fully saturated rings. The molecule has 5 heteroatoms. The number of likely N-dealkylation sites (N-methyl/N-ethyl adjacent to an activating group) is 1. The molecule has 0 spiro atoms. The van der Waals surface area contributed by atoms with Crippen molar-refractivity contribution in [3.05, 3.63) is 35.8 Å². The van der Waals surface area contributed by atoms with Gasteiger partial charge >= 0.3 is 0 Å². The van der Waals surface area contributed by atoms with E-state index in [1.807, 2.05) is 27.7 Å². The van der Waals surface area contributed by atoms with E-state index in [1.54, 1.807) is 12.1 Å². The van der Waals surface area contributed by atoms with Gasteiger partial charge in [-0.2, -0.15) is 0 Å². The van der Waals surface area contributed by atoms with E-state index in [9.17, 15) is 14.0 Å². The van der Waals surface area contributed by atoms with E-state index in [1.165, 1.54) is 23.6 Å². The summed E-state index contributed by atoms with van der Waals surface area (Å²) in [7, 11) is 0. The molecule has 25 heavy (non-hydrogen) atoms. The van der Waals surface area contributed by atoms with Gasteiger partial charge in [0.25, 0.3) is 11.7 Å². The molecule has 4 nitrogen and oxygen atoms in total. The van der Waals surface area contributed by atoms with Gasteiger partial charge in [0.15, 0.2) is 0 Å². The van der Waals surface area contributed by atoms with Crippen molar-refractivity contribution in [1.29, 1.82) is 0 Å². The Bertz CT molecular complexity index is 665. The Morgan fingerprint density at radius 2 is 1.72 bits per heavy atom. The maximum Gasteiger partial charge on any atom is 0.295 e. The summed E-state index contributed by atoms with van der Waals surface area (Å²) in [4.78, 5) is 28.7. The van der Waals surface area contributed by atoms with Crippen LogP contribution in [0.1, 0.15) is 64.7 Å². The fourth-order valence-electron chi connectivity index (χ4n) is 2.25. The second kappa shape index (κ2) is 12.2. The Morgan fingerprint density at radius 3 is 2.24 bits per heavy atom. The number of hydrogen-bond acceptors (Lipinski definition) is 2. The molecule has 0 bridgehead atoms. The van der Waals surface area contributed by atoms with Crippen LogP contribution in [0.25, 0.3) is 10.9 Å². The molecule has 1 amide bonds. The first-order chi connectivity index (χ1) is 12.0. The second-order valence-electron chi connectivity index (χ2n) is 5.29. The quantitative estimate of drug-likeness (QED) is 0.596. The van der Waals surface area contributed by atoms with Crippen LogP contribution in [0.15, 0.2) is 24.4 Å². The average molecular weight is 350 g/mol. The molecule has 0 aliphatic carbocycles. The van der Waals surface area contributed by atoms with Crippen molar-refractivity contribution in [3.8, 4) is 0 Å². The molecule has 0 radical (unpaired) electrons. The molecule has 2 rings (SSSR count). The summed E-state index contributed by atoms with van der Waals surface area (Å²) in [6.07, 6.45) is 3.42. The minimum Gasteiger partial charge on any atom is -0.360 e. The van der Waals surface area contributed by atoms with Crippen molar-refractivity contribution < 1.29 is 14.0 Å². The lowest BCUT2D eigenvalue weighted by Gasteiger charge is -2.18. The third kappa shape index (κ3) is 6.00. The number of benzene rings is 1. The lowest BCUT2D eigenvalue weighted by atomic mass is 10.1. The zero-order valence-electron chi connectivity index (χ0n) is 16.3. The third-order valence-electron chi connectivity index (χ3n) is 3.26. The van der Waals surface area contributed by atoms with E-state index in [0.717, 1.165) is 6.42 Å². The molecule has 1 heterocycles. The molecule has 140 valence electrons. The topological polar surface area (TPSA) is 53.2 Å². The highest BCUT2D eigenvalue weighted by Crippen LogP contribution is 2.22. The van der Waals surface area contributed by atoms with Crippen LogP contribution in [-0.4, -0.2) is 34.7 Å². The van der Waals surface area contributed by atoms with Crippen LogP contribution in [0.5, 0.6) is 0 Å². The molecule has 0 saturated heterocycles. The van der Waals surface area contributed by atoms with Crippen LogP contribution in [0.3, 0.4) is 0 Å². The first kappa shape index (κ1) is 22.8. The van der Waals surface area contributed by atoms with Gasteiger partial charge in [-0.25, -0.2) is 4.39 Å². The summed E-state index contributed by atoms with van der Waals surface area (Å²) >= 11 is 0. The van der Waals surface area contributed by atoms with Crippen LogP contribution in [0, 0.1) is 5.82 Å². The van der Waals surface area contributed by atoms with Crippen LogP contribution in [0.4, 0.5) is 4.39 Å². The minimum atomic E-state index is -0.670. The lowest BCUT2D eigenvalue weighted by Crippen LogP contribution is -2.37. The van der Waals surface area contributed by atoms with E-state index >= 15 is 0 Å². The van der Waals surface area contributed by atoms with Crippen molar-refractivity contribution in [2.24, 2.45) is 0 Å². The molecule has 0 saturated carbocycles. The fraction of sp³-hybridized carbons (Fsp3) is 0.500. The van der Waals surface area contributed by atoms with Crippen LogP contribution < -0.4 is 0 Å². The number of H-pyrrole nitrogens is 1. The van der Waals surface area contributed by atoms with Gasteiger partial charge in [-0.3, -0.25) is 9.59 Å². The van der Waals surface area contributed by atoms with Crippen molar-refractivity contribution in [2.75, 3.05) is 13.1 Å². The maximum absolute atomic E-state index is 13.8. The molecular weight excluding hydrogens is 319 g/mol. The smallest absolute Gasteiger partial charge is 0.295 e. The number of aromatic amines is 1. The van der Waals surface area contributed by atoms with E-state index < -0.39 is 17.5 Å². The summed E-state index contributed by atoms with van der Waals surface area (Å²) < 4.78 is 13.8. The molecule has 0 aliphatic rings. The largest absolute Gasteiger partial charge is 0.360 e. The Labute approximate surface area is 150 Å². The highest BCUT2D eigenvalue weighted by molar-refractivity contribution is 6.44. The maximum atomic E-state index is 13.8. The van der Waals surface area contributed by atoms with Gasteiger partial charge < -0.3 is 9.88 Å². The first-order valence-corrected chi connectivity index (χ1v) is 9.10. The van der Waals surface area contributed by atoms with E-state index in [4.69, 9.17) is 0 Å². The normalized spacial score (nSPS) is 9.56. The Hall–Kier alpha value is -2.17. The molecule has 2 aromatic rings. The van der Waals surface area contributed by atoms with Crippen LogP contribution in [0.2, 0.25) is 0 Å². The highest BCUT2D eigenvalue weighted by Gasteiger charge is 2.25. The number of rotatable bonds is 5. The summed E-state index contributed by atoms with van der Waals surface area (Å²) in [5.41, 5.74) is 0.609. The standard InChI is InChI=1S/C15H17FN2O2.C3H8.C2H6/c1-3-8-18(4-2)15(20)14(19)10-9-17-12-7-5-6-11(16)13(10)12;1-3-2;1-2/h5-7,9,17H,3-4,8H2,1-2H3;3H2,1-2H3;1-2H3. The van der Waals surface area contributed by atoms with Gasteiger partial charge in [0.2, 0.25) is 0 Å². The van der Waals surface area contributed by atoms with Crippen LogP contribution in [-0.2, 0) is 4.79 Å². The van der Waals surface area contributed by atoms with Gasteiger partial charge in [0, 0.05) is 30.2 Å². The average Bonchev–Trinajstić information content (AvgIpc) is 3.06. The number of aromatic nitrogens is 1. The first-order valence-electron chi connectivity index (χ1n) is 9.10. The third-order valence-corrected chi connectivity index (χ3v) is 3.26. The van der Waals surface area contributed by atoms with Crippen molar-refractivity contribution in [1.82, 2.24) is 9.88 Å². The van der Waals surface area contributed by atoms with Gasteiger partial charge in [-0.1, -0.05) is 47.1 Å². The number of amides is 1. The number of carbonyl (C=O) groups excluding carboxylic acids is 2. The predicted octanol–water partition coefficient (Wildman–Crippen LogP) is 5.19. The lowest BCUT2D eigenvalue weighted by molar-refractivity contribution is -0.126. The fourth-order valence-corrected chi connectivity index (χ4v) is 2.25. The summed E-state index contributed by atoms with van der Waals surface area (Å²) in [6.45, 7) is 13.0. The van der Waals surface area contributed by atoms with Crippen molar-refractivity contribution >= 4 is 22.6 Å². The van der Waals surface area contributed by atoms with Gasteiger partial charge in [0.05, 0.1) is 5.56 Å². The number of hydrogen-bond donors (Lipinski definition) is 1. The Kier molecular flexibility index (Phi) is 11.2. The van der Waals surface area contributed by atoms with Crippen molar-refractivity contribution in [2.45, 2.75) is 54.4 Å². The zero-order valence-corrected chi connectivity index (χ0v) is 16.3. The number of fused-ring (bicyclic) bond motifs is 1. The van der Waals surface area contributed by atoms with Gasteiger partial charge in [-0.05, 0) is 25.5 Å². The minimum absolute atomic E-state index is 0.0950. The summed E-state index contributed by atoms with van der Waals surface area (Å²) in [5.74, 6) is -1.76. The second-order valence-corrected chi connectivity index (χ2v) is 5.29. The molecule has 0 atom stereocenters. The Balaban J connectivity index is 0.00000104. The number of nitrogens with one attached hydrogen (secondary N) is 1. The van der Waals surface area contributed by atoms with Crippen molar-refractivity contribution in [3.63, 3.8) is 0 Å². The van der Waals surface area contributed by atoms with E-state index in [2.05, 4.69) is 18.8 Å². The van der Waals surface area contributed by atoms with Gasteiger partial charge in [-0.15, -0.1) is 0 Å². The van der Waals surface area contributed by atoms with Crippen LogP contribution >= 0.6 is 0 Å². The zero-order chi connectivity index (χ0) is 19.4. The molecule has 0 unspecified atom stereocenters. The van der Waals surface area contributed by atoms with E-state index in [0.29, 0.717) is 18.6 Å². The number of ketones is 1. The number of Topliss-reactive ketones (excluding diaryl/α,β-unsaturated/α-hetero) is 1. The highest BCUT2D eigenvalue weighted by atomic mass is 19.1. The monoisotopic (exact) mass is 350 g/mol.